The van der Waals surface area contributed by atoms with Crippen molar-refractivity contribution in [1.29, 1.82) is 0 Å². The minimum Gasteiger partial charge on any atom is -0.496 e. The zero-order valence-electron chi connectivity index (χ0n) is 14.7. The van der Waals surface area contributed by atoms with E-state index in [1.807, 2.05) is 39.0 Å². The monoisotopic (exact) mass is 320 g/mol. The normalized spacial score (nSPS) is 22.0. The van der Waals surface area contributed by atoms with E-state index in [0.717, 1.165) is 24.2 Å². The van der Waals surface area contributed by atoms with Crippen LogP contribution in [-0.2, 0) is 4.74 Å². The number of carbonyl (C=O) groups excluding carboxylic acids is 1. The third kappa shape index (κ3) is 5.13. The molecule has 2 N–H and O–H groups in total. The van der Waals surface area contributed by atoms with Gasteiger partial charge in [0, 0.05) is 23.7 Å². The van der Waals surface area contributed by atoms with Crippen LogP contribution in [0.4, 0.5) is 4.79 Å². The van der Waals surface area contributed by atoms with Crippen LogP contribution in [0.1, 0.15) is 52.1 Å². The molecule has 0 heterocycles. The Bertz CT molecular complexity index is 533. The van der Waals surface area contributed by atoms with Crippen molar-refractivity contribution in [1.82, 2.24) is 10.6 Å². The van der Waals surface area contributed by atoms with Crippen LogP contribution in [0.5, 0.6) is 5.75 Å². The summed E-state index contributed by atoms with van der Waals surface area (Å²) < 4.78 is 10.7. The van der Waals surface area contributed by atoms with Crippen LogP contribution in [0.2, 0.25) is 0 Å². The molecule has 1 aliphatic carbocycles. The molecule has 1 aliphatic rings. The summed E-state index contributed by atoms with van der Waals surface area (Å²) in [5.41, 5.74) is 0.697. The van der Waals surface area contributed by atoms with Crippen molar-refractivity contribution in [3.63, 3.8) is 0 Å². The Hall–Kier alpha value is -1.75. The Morgan fingerprint density at radius 1 is 1.22 bits per heavy atom. The summed E-state index contributed by atoms with van der Waals surface area (Å²) in [4.78, 5) is 11.7. The Balaban J connectivity index is 1.76. The molecule has 1 aromatic rings. The van der Waals surface area contributed by atoms with E-state index in [9.17, 15) is 4.79 Å². The maximum absolute atomic E-state index is 11.7. The predicted molar refractivity (Wildman–Crippen MR) is 90.7 cm³/mol. The van der Waals surface area contributed by atoms with Gasteiger partial charge >= 0.3 is 6.09 Å². The van der Waals surface area contributed by atoms with E-state index in [0.29, 0.717) is 6.04 Å². The third-order valence-electron chi connectivity index (χ3n) is 3.95. The first-order chi connectivity index (χ1) is 10.8. The van der Waals surface area contributed by atoms with Crippen LogP contribution >= 0.6 is 0 Å². The molecule has 0 spiro atoms. The molecule has 1 amide bonds. The molecule has 0 radical (unpaired) electrons. The third-order valence-corrected chi connectivity index (χ3v) is 3.95. The smallest absolute Gasteiger partial charge is 0.407 e. The number of carbonyl (C=O) groups is 1. The maximum Gasteiger partial charge on any atom is 0.407 e. The molecular weight excluding hydrogens is 292 g/mol. The van der Waals surface area contributed by atoms with E-state index < -0.39 is 5.60 Å². The molecule has 23 heavy (non-hydrogen) atoms. The number of hydrogen-bond donors (Lipinski definition) is 2. The van der Waals surface area contributed by atoms with E-state index in [-0.39, 0.29) is 18.2 Å². The van der Waals surface area contributed by atoms with Crippen molar-refractivity contribution in [2.75, 3.05) is 7.11 Å². The number of nitrogens with one attached hydrogen (secondary N) is 2. The summed E-state index contributed by atoms with van der Waals surface area (Å²) in [6, 6.07) is 8.83. The molecule has 0 aliphatic heterocycles. The van der Waals surface area contributed by atoms with E-state index in [1.165, 1.54) is 0 Å². The number of benzene rings is 1. The fourth-order valence-electron chi connectivity index (χ4n) is 2.81. The highest BCUT2D eigenvalue weighted by molar-refractivity contribution is 5.68. The van der Waals surface area contributed by atoms with Crippen molar-refractivity contribution >= 4 is 6.09 Å². The predicted octanol–water partition coefficient (Wildman–Crippen LogP) is 3.40. The lowest BCUT2D eigenvalue weighted by Crippen LogP contribution is -2.53. The van der Waals surface area contributed by atoms with Gasteiger partial charge in [0.2, 0.25) is 0 Å². The highest BCUT2D eigenvalue weighted by Crippen LogP contribution is 2.28. The van der Waals surface area contributed by atoms with Gasteiger partial charge in [-0.05, 0) is 46.6 Å². The Morgan fingerprint density at radius 3 is 2.48 bits per heavy atom. The van der Waals surface area contributed by atoms with Crippen molar-refractivity contribution in [2.24, 2.45) is 0 Å². The number of alkyl carbamates (subject to hydrolysis) is 1. The summed E-state index contributed by atoms with van der Waals surface area (Å²) >= 11 is 0. The lowest BCUT2D eigenvalue weighted by molar-refractivity contribution is 0.0463. The number of ether oxygens (including phenoxy) is 2. The number of amides is 1. The quantitative estimate of drug-likeness (QED) is 0.873. The Morgan fingerprint density at radius 2 is 1.87 bits per heavy atom. The first-order valence-electron chi connectivity index (χ1n) is 8.17. The van der Waals surface area contributed by atoms with E-state index in [1.54, 1.807) is 7.11 Å². The standard InChI is InChI=1S/C18H28N2O3/c1-12(15-8-6-7-9-16(15)22-5)19-13-10-14(11-13)20-17(21)23-18(2,3)4/h6-9,12-14,19H,10-11H2,1-5H3,(H,20,21). The molecule has 1 unspecified atom stereocenters. The largest absolute Gasteiger partial charge is 0.496 e. The van der Waals surface area contributed by atoms with Gasteiger partial charge in [0.15, 0.2) is 0 Å². The molecule has 1 fully saturated rings. The van der Waals surface area contributed by atoms with Crippen LogP contribution in [0.3, 0.4) is 0 Å². The van der Waals surface area contributed by atoms with E-state index in [4.69, 9.17) is 9.47 Å². The minimum atomic E-state index is -0.455. The molecule has 2 rings (SSSR count). The summed E-state index contributed by atoms with van der Waals surface area (Å²) in [5.74, 6) is 0.898. The molecule has 1 atom stereocenters. The zero-order valence-corrected chi connectivity index (χ0v) is 14.7. The molecule has 0 bridgehead atoms. The van der Waals surface area contributed by atoms with E-state index in [2.05, 4.69) is 23.6 Å². The van der Waals surface area contributed by atoms with Crippen molar-refractivity contribution in [3.05, 3.63) is 29.8 Å². The summed E-state index contributed by atoms with van der Waals surface area (Å²) in [6.07, 6.45) is 1.50. The van der Waals surface area contributed by atoms with Crippen LogP contribution in [0.15, 0.2) is 24.3 Å². The van der Waals surface area contributed by atoms with Gasteiger partial charge in [-0.25, -0.2) is 4.79 Å². The van der Waals surface area contributed by atoms with Gasteiger partial charge < -0.3 is 20.1 Å². The molecule has 5 heteroatoms. The van der Waals surface area contributed by atoms with Crippen molar-refractivity contribution in [3.8, 4) is 5.75 Å². The fourth-order valence-corrected chi connectivity index (χ4v) is 2.81. The van der Waals surface area contributed by atoms with Gasteiger partial charge in [-0.15, -0.1) is 0 Å². The summed E-state index contributed by atoms with van der Waals surface area (Å²) in [6.45, 7) is 7.73. The highest BCUT2D eigenvalue weighted by Gasteiger charge is 2.32. The summed E-state index contributed by atoms with van der Waals surface area (Å²) in [5, 5.41) is 6.50. The molecule has 0 aromatic heterocycles. The highest BCUT2D eigenvalue weighted by atomic mass is 16.6. The Labute approximate surface area is 138 Å². The molecule has 1 aromatic carbocycles. The van der Waals surface area contributed by atoms with Crippen LogP contribution in [0.25, 0.3) is 0 Å². The van der Waals surface area contributed by atoms with Gasteiger partial charge in [0.25, 0.3) is 0 Å². The lowest BCUT2D eigenvalue weighted by atomic mass is 9.86. The van der Waals surface area contributed by atoms with Gasteiger partial charge in [0.05, 0.1) is 7.11 Å². The number of para-hydroxylation sites is 1. The topological polar surface area (TPSA) is 59.6 Å². The molecule has 0 saturated heterocycles. The maximum atomic E-state index is 11.7. The molecule has 128 valence electrons. The van der Waals surface area contributed by atoms with Crippen LogP contribution in [0, 0.1) is 0 Å². The van der Waals surface area contributed by atoms with Crippen LogP contribution in [-0.4, -0.2) is 30.9 Å². The average Bonchev–Trinajstić information content (AvgIpc) is 2.42. The molecule has 5 nitrogen and oxygen atoms in total. The number of methoxy groups -OCH3 is 1. The average molecular weight is 320 g/mol. The first-order valence-corrected chi connectivity index (χ1v) is 8.17. The van der Waals surface area contributed by atoms with Crippen molar-refractivity contribution < 1.29 is 14.3 Å². The summed E-state index contributed by atoms with van der Waals surface area (Å²) in [7, 11) is 1.69. The Kier molecular flexibility index (Phi) is 5.52. The SMILES string of the molecule is COc1ccccc1C(C)NC1CC(NC(=O)OC(C)(C)C)C1. The minimum absolute atomic E-state index is 0.187. The number of hydrogen-bond acceptors (Lipinski definition) is 4. The molecule has 1 saturated carbocycles. The van der Waals surface area contributed by atoms with Gasteiger partial charge in [0.1, 0.15) is 11.4 Å². The second-order valence-electron chi connectivity index (χ2n) is 7.14. The second-order valence-corrected chi connectivity index (χ2v) is 7.14. The number of rotatable bonds is 5. The van der Waals surface area contributed by atoms with Crippen molar-refractivity contribution in [2.45, 2.75) is 64.3 Å². The van der Waals surface area contributed by atoms with Crippen LogP contribution < -0.4 is 15.4 Å². The van der Waals surface area contributed by atoms with E-state index >= 15 is 0 Å². The first kappa shape index (κ1) is 17.6. The molecular formula is C18H28N2O3. The van der Waals surface area contributed by atoms with Gasteiger partial charge in [-0.1, -0.05) is 18.2 Å². The zero-order chi connectivity index (χ0) is 17.0. The fraction of sp³-hybridized carbons (Fsp3) is 0.611. The van der Waals surface area contributed by atoms with Gasteiger partial charge in [-0.3, -0.25) is 0 Å². The lowest BCUT2D eigenvalue weighted by Gasteiger charge is -2.38. The van der Waals surface area contributed by atoms with Gasteiger partial charge in [-0.2, -0.15) is 0 Å². The second kappa shape index (κ2) is 7.21.